The highest BCUT2D eigenvalue weighted by molar-refractivity contribution is 5.54. The van der Waals surface area contributed by atoms with Gasteiger partial charge in [0, 0.05) is 12.2 Å². The van der Waals surface area contributed by atoms with E-state index in [1.54, 1.807) is 6.08 Å². The monoisotopic (exact) mass is 296 g/mol. The molecule has 1 aliphatic heterocycles. The summed E-state index contributed by atoms with van der Waals surface area (Å²) in [5.74, 6) is 0.0853. The Balaban J connectivity index is 2.38. The van der Waals surface area contributed by atoms with Crippen LogP contribution in [0.1, 0.15) is 24.8 Å². The number of hydrogen-bond acceptors (Lipinski definition) is 3. The van der Waals surface area contributed by atoms with Crippen LogP contribution in [0.2, 0.25) is 0 Å². The molecule has 0 saturated carbocycles. The van der Waals surface area contributed by atoms with Crippen LogP contribution in [0.25, 0.3) is 0 Å². The highest BCUT2D eigenvalue weighted by Gasteiger charge is 2.14. The van der Waals surface area contributed by atoms with Crippen LogP contribution in [-0.4, -0.2) is 11.7 Å². The molecular weight excluding hydrogens is 272 g/mol. The van der Waals surface area contributed by atoms with Gasteiger partial charge in [0.1, 0.15) is 0 Å². The second kappa shape index (κ2) is 7.03. The summed E-state index contributed by atoms with van der Waals surface area (Å²) in [6, 6.07) is 8.05. The topological polar surface area (TPSA) is 49.5 Å². The summed E-state index contributed by atoms with van der Waals surface area (Å²) in [4.78, 5) is 1.86. The Morgan fingerprint density at radius 3 is 2.68 bits per heavy atom. The minimum absolute atomic E-state index is 0.0853. The summed E-state index contributed by atoms with van der Waals surface area (Å²) in [5, 5.41) is 10.5. The summed E-state index contributed by atoms with van der Waals surface area (Å²) >= 11 is 0. The van der Waals surface area contributed by atoms with Crippen LogP contribution in [-0.2, 0) is 0 Å². The third-order valence-corrected chi connectivity index (χ3v) is 3.86. The van der Waals surface area contributed by atoms with Crippen molar-refractivity contribution in [2.45, 2.75) is 26.2 Å². The normalized spacial score (nSPS) is 22.3. The SMILES string of the molecule is C=C1/C=C\C(N)=C(\O)N(c2cccc(C)c2)CCCCC1=C. The number of nitrogens with two attached hydrogens (primary N) is 1. The van der Waals surface area contributed by atoms with Gasteiger partial charge in [-0.1, -0.05) is 31.4 Å². The first-order valence-corrected chi connectivity index (χ1v) is 7.57. The molecule has 1 aliphatic rings. The molecule has 0 aromatic heterocycles. The van der Waals surface area contributed by atoms with E-state index >= 15 is 0 Å². The summed E-state index contributed by atoms with van der Waals surface area (Å²) < 4.78 is 0. The number of allylic oxidation sites excluding steroid dienone is 4. The van der Waals surface area contributed by atoms with Crippen molar-refractivity contribution in [1.82, 2.24) is 0 Å². The Morgan fingerprint density at radius 2 is 1.95 bits per heavy atom. The van der Waals surface area contributed by atoms with E-state index in [0.717, 1.165) is 41.7 Å². The third kappa shape index (κ3) is 3.82. The van der Waals surface area contributed by atoms with Gasteiger partial charge in [-0.2, -0.15) is 0 Å². The number of rotatable bonds is 1. The van der Waals surface area contributed by atoms with E-state index in [1.165, 1.54) is 0 Å². The molecule has 1 aromatic carbocycles. The first kappa shape index (κ1) is 16.0. The molecule has 1 aromatic rings. The highest BCUT2D eigenvalue weighted by Crippen LogP contribution is 2.24. The molecule has 0 atom stereocenters. The van der Waals surface area contributed by atoms with Crippen molar-refractivity contribution in [2.75, 3.05) is 11.4 Å². The first-order chi connectivity index (χ1) is 10.5. The molecule has 0 radical (unpaired) electrons. The van der Waals surface area contributed by atoms with Crippen molar-refractivity contribution in [2.24, 2.45) is 5.73 Å². The van der Waals surface area contributed by atoms with Gasteiger partial charge in [0.15, 0.2) is 0 Å². The number of aliphatic hydroxyl groups is 1. The van der Waals surface area contributed by atoms with Gasteiger partial charge in [-0.25, -0.2) is 0 Å². The molecule has 1 heterocycles. The van der Waals surface area contributed by atoms with Crippen LogP contribution >= 0.6 is 0 Å². The molecule has 2 rings (SSSR count). The van der Waals surface area contributed by atoms with E-state index in [0.29, 0.717) is 12.2 Å². The van der Waals surface area contributed by atoms with Gasteiger partial charge in [0.05, 0.1) is 5.70 Å². The molecule has 3 nitrogen and oxygen atoms in total. The van der Waals surface area contributed by atoms with Gasteiger partial charge >= 0.3 is 0 Å². The number of benzene rings is 1. The van der Waals surface area contributed by atoms with E-state index in [4.69, 9.17) is 5.73 Å². The fourth-order valence-electron chi connectivity index (χ4n) is 2.46. The zero-order chi connectivity index (χ0) is 16.1. The Labute approximate surface area is 132 Å². The summed E-state index contributed by atoms with van der Waals surface area (Å²) in [7, 11) is 0. The van der Waals surface area contributed by atoms with Crippen molar-refractivity contribution in [3.05, 3.63) is 77.9 Å². The van der Waals surface area contributed by atoms with Crippen LogP contribution in [0.3, 0.4) is 0 Å². The second-order valence-electron chi connectivity index (χ2n) is 5.69. The maximum atomic E-state index is 10.5. The van der Waals surface area contributed by atoms with Crippen molar-refractivity contribution in [3.8, 4) is 0 Å². The summed E-state index contributed by atoms with van der Waals surface area (Å²) in [5.41, 5.74) is 10.3. The number of hydrogen-bond donors (Lipinski definition) is 2. The van der Waals surface area contributed by atoms with E-state index in [2.05, 4.69) is 13.2 Å². The standard InChI is InChI=1S/C19H24N2O/c1-14-7-6-9-17(13-14)21-12-5-4-8-15(2)16(3)10-11-18(20)19(21)22/h6-7,9-11,13,22H,2-5,8,12,20H2,1H3/b11-10-,19-18-. The van der Waals surface area contributed by atoms with Crippen LogP contribution in [0.5, 0.6) is 0 Å². The minimum Gasteiger partial charge on any atom is -0.493 e. The maximum absolute atomic E-state index is 10.5. The molecule has 0 bridgehead atoms. The first-order valence-electron chi connectivity index (χ1n) is 7.57. The average Bonchev–Trinajstić information content (AvgIpc) is 2.52. The van der Waals surface area contributed by atoms with Gasteiger partial charge in [-0.15, -0.1) is 0 Å². The highest BCUT2D eigenvalue weighted by atomic mass is 16.3. The molecule has 0 spiro atoms. The molecule has 0 saturated heterocycles. The van der Waals surface area contributed by atoms with Gasteiger partial charge in [-0.3, -0.25) is 0 Å². The van der Waals surface area contributed by atoms with Crippen LogP contribution in [0, 0.1) is 6.92 Å². The smallest absolute Gasteiger partial charge is 0.215 e. The molecule has 0 fully saturated rings. The quantitative estimate of drug-likeness (QED) is 0.810. The van der Waals surface area contributed by atoms with Crippen molar-refractivity contribution in [1.29, 1.82) is 0 Å². The second-order valence-corrected chi connectivity index (χ2v) is 5.69. The van der Waals surface area contributed by atoms with E-state index < -0.39 is 0 Å². The molecule has 3 N–H and O–H groups in total. The summed E-state index contributed by atoms with van der Waals surface area (Å²) in [6.45, 7) is 10.8. The molecule has 116 valence electrons. The molecular formula is C19H24N2O. The minimum atomic E-state index is 0.0853. The van der Waals surface area contributed by atoms with Crippen molar-refractivity contribution in [3.63, 3.8) is 0 Å². The van der Waals surface area contributed by atoms with Crippen LogP contribution < -0.4 is 10.6 Å². The lowest BCUT2D eigenvalue weighted by Gasteiger charge is -2.25. The third-order valence-electron chi connectivity index (χ3n) is 3.86. The Kier molecular flexibility index (Phi) is 5.10. The summed E-state index contributed by atoms with van der Waals surface area (Å²) in [6.07, 6.45) is 6.36. The zero-order valence-corrected chi connectivity index (χ0v) is 13.2. The fraction of sp³-hybridized carbons (Fsp3) is 0.263. The number of aryl methyl sites for hydroxylation is 1. The number of nitrogens with zero attached hydrogens (tertiary/aromatic N) is 1. The molecule has 0 aliphatic carbocycles. The lowest BCUT2D eigenvalue weighted by atomic mass is 10.0. The van der Waals surface area contributed by atoms with Gasteiger partial charge < -0.3 is 15.7 Å². The van der Waals surface area contributed by atoms with Crippen molar-refractivity contribution < 1.29 is 5.11 Å². The number of anilines is 1. The van der Waals surface area contributed by atoms with E-state index in [1.807, 2.05) is 42.2 Å². The Morgan fingerprint density at radius 1 is 1.18 bits per heavy atom. The number of aliphatic hydroxyl groups excluding tert-OH is 1. The maximum Gasteiger partial charge on any atom is 0.215 e. The van der Waals surface area contributed by atoms with Gasteiger partial charge in [0.2, 0.25) is 5.88 Å². The largest absolute Gasteiger partial charge is 0.493 e. The van der Waals surface area contributed by atoms with Crippen LogP contribution in [0.15, 0.2) is 72.3 Å². The molecule has 22 heavy (non-hydrogen) atoms. The molecule has 0 amide bonds. The Bertz CT molecular complexity index is 641. The predicted octanol–water partition coefficient (Wildman–Crippen LogP) is 4.34. The van der Waals surface area contributed by atoms with Gasteiger partial charge in [-0.05, 0) is 61.1 Å². The zero-order valence-electron chi connectivity index (χ0n) is 13.2. The van der Waals surface area contributed by atoms with E-state index in [-0.39, 0.29) is 5.88 Å². The molecule has 3 heteroatoms. The van der Waals surface area contributed by atoms with Crippen molar-refractivity contribution >= 4 is 5.69 Å². The Hall–Kier alpha value is -2.42. The van der Waals surface area contributed by atoms with Gasteiger partial charge in [0.25, 0.3) is 0 Å². The van der Waals surface area contributed by atoms with Crippen LogP contribution in [0.4, 0.5) is 5.69 Å². The lowest BCUT2D eigenvalue weighted by molar-refractivity contribution is 0.382. The predicted molar refractivity (Wildman–Crippen MR) is 93.6 cm³/mol. The van der Waals surface area contributed by atoms with E-state index in [9.17, 15) is 5.11 Å². The fourth-order valence-corrected chi connectivity index (χ4v) is 2.46. The average molecular weight is 296 g/mol. The lowest BCUT2D eigenvalue weighted by Crippen LogP contribution is -2.26. The molecule has 0 unspecified atom stereocenters.